The molecule has 0 amide bonds. The lowest BCUT2D eigenvalue weighted by molar-refractivity contribution is 0.592. The molecule has 1 fully saturated rings. The minimum atomic E-state index is -0.368. The molecule has 4 N–H and O–H groups in total. The van der Waals surface area contributed by atoms with Crippen molar-refractivity contribution >= 4 is 5.69 Å². The molecular weight excluding hydrogens is 179 g/mol. The third kappa shape index (κ3) is 2.04. The van der Waals surface area contributed by atoms with E-state index in [0.717, 1.165) is 17.9 Å². The van der Waals surface area contributed by atoms with Gasteiger partial charge in [-0.2, -0.15) is 0 Å². The maximum Gasteiger partial charge on any atom is 0.146 e. The number of nitrogen functional groups attached to an aromatic ring is 1. The molecule has 0 aromatic heterocycles. The summed E-state index contributed by atoms with van der Waals surface area (Å²) in [4.78, 5) is 0. The summed E-state index contributed by atoms with van der Waals surface area (Å²) in [6.07, 6.45) is 3.56. The average Bonchev–Trinajstić information content (AvgIpc) is 2.93. The van der Waals surface area contributed by atoms with Gasteiger partial charge in [0.1, 0.15) is 5.82 Å². The number of anilines is 1. The van der Waals surface area contributed by atoms with Gasteiger partial charge in [-0.1, -0.05) is 18.9 Å². The van der Waals surface area contributed by atoms with E-state index in [9.17, 15) is 4.39 Å². The van der Waals surface area contributed by atoms with Gasteiger partial charge >= 0.3 is 0 Å². The van der Waals surface area contributed by atoms with Crippen LogP contribution in [0.2, 0.25) is 0 Å². The summed E-state index contributed by atoms with van der Waals surface area (Å²) < 4.78 is 12.9. The highest BCUT2D eigenvalue weighted by Gasteiger charge is 2.24. The largest absolute Gasteiger partial charge is 0.396 e. The Morgan fingerprint density at radius 3 is 2.71 bits per heavy atom. The highest BCUT2D eigenvalue weighted by atomic mass is 19.1. The predicted molar refractivity (Wildman–Crippen MR) is 55.1 cm³/mol. The van der Waals surface area contributed by atoms with Crippen LogP contribution in [0.1, 0.15) is 30.9 Å². The minimum Gasteiger partial charge on any atom is -0.396 e. The zero-order valence-corrected chi connectivity index (χ0v) is 8.04. The van der Waals surface area contributed by atoms with Gasteiger partial charge in [0.15, 0.2) is 0 Å². The molecule has 76 valence electrons. The molecule has 1 aliphatic carbocycles. The molecule has 0 radical (unpaired) electrons. The number of halogens is 1. The Balaban J connectivity index is 2.10. The third-order valence-electron chi connectivity index (χ3n) is 2.73. The predicted octanol–water partition coefficient (Wildman–Crippen LogP) is 2.21. The number of hydrogen-bond donors (Lipinski definition) is 2. The molecule has 14 heavy (non-hydrogen) atoms. The van der Waals surface area contributed by atoms with Crippen LogP contribution in [0.15, 0.2) is 18.2 Å². The summed E-state index contributed by atoms with van der Waals surface area (Å²) in [6, 6.07) is 4.75. The zero-order valence-electron chi connectivity index (χ0n) is 8.04. The van der Waals surface area contributed by atoms with Gasteiger partial charge in [-0.05, 0) is 30.0 Å². The average molecular weight is 194 g/mol. The van der Waals surface area contributed by atoms with E-state index in [1.807, 2.05) is 0 Å². The Bertz CT molecular complexity index is 334. The van der Waals surface area contributed by atoms with Crippen LogP contribution in [0.3, 0.4) is 0 Å². The van der Waals surface area contributed by atoms with Crippen LogP contribution in [0.25, 0.3) is 0 Å². The van der Waals surface area contributed by atoms with Crippen LogP contribution in [0, 0.1) is 11.7 Å². The van der Waals surface area contributed by atoms with Crippen LogP contribution >= 0.6 is 0 Å². The zero-order chi connectivity index (χ0) is 10.1. The number of benzene rings is 1. The first-order valence-electron chi connectivity index (χ1n) is 4.97. The Morgan fingerprint density at radius 2 is 2.14 bits per heavy atom. The second-order valence-electron chi connectivity index (χ2n) is 4.07. The summed E-state index contributed by atoms with van der Waals surface area (Å²) in [5.41, 5.74) is 12.6. The lowest BCUT2D eigenvalue weighted by Crippen LogP contribution is -2.11. The van der Waals surface area contributed by atoms with Gasteiger partial charge in [0.2, 0.25) is 0 Å². The highest BCUT2D eigenvalue weighted by molar-refractivity contribution is 5.43. The molecule has 0 unspecified atom stereocenters. The molecule has 2 nitrogen and oxygen atoms in total. The van der Waals surface area contributed by atoms with Gasteiger partial charge in [0.25, 0.3) is 0 Å². The number of rotatable bonds is 3. The molecule has 0 aliphatic heterocycles. The molecule has 0 bridgehead atoms. The van der Waals surface area contributed by atoms with Crippen molar-refractivity contribution in [2.75, 3.05) is 5.73 Å². The van der Waals surface area contributed by atoms with Gasteiger partial charge in [-0.25, -0.2) is 4.39 Å². The first kappa shape index (κ1) is 9.46. The summed E-state index contributed by atoms with van der Waals surface area (Å²) >= 11 is 0. The Kier molecular flexibility index (Phi) is 2.42. The fourth-order valence-corrected chi connectivity index (χ4v) is 1.64. The first-order chi connectivity index (χ1) is 6.66. The number of hydrogen-bond acceptors (Lipinski definition) is 2. The quantitative estimate of drug-likeness (QED) is 0.725. The van der Waals surface area contributed by atoms with Crippen molar-refractivity contribution in [3.05, 3.63) is 29.6 Å². The van der Waals surface area contributed by atoms with E-state index in [2.05, 4.69) is 0 Å². The molecule has 1 saturated carbocycles. The molecule has 1 aromatic rings. The standard InChI is InChI=1S/C11H15FN2/c12-9-4-3-8(6-11(9)14)10(13)5-7-1-2-7/h3-4,6-7,10H,1-2,5,13-14H2/t10-/m0/s1. The Morgan fingerprint density at radius 1 is 1.43 bits per heavy atom. The van der Waals surface area contributed by atoms with Gasteiger partial charge in [-0.3, -0.25) is 0 Å². The van der Waals surface area contributed by atoms with Gasteiger partial charge < -0.3 is 11.5 Å². The monoisotopic (exact) mass is 194 g/mol. The van der Waals surface area contributed by atoms with Gasteiger partial charge in [-0.15, -0.1) is 0 Å². The van der Waals surface area contributed by atoms with E-state index in [1.165, 1.54) is 18.9 Å². The fraction of sp³-hybridized carbons (Fsp3) is 0.455. The maximum absolute atomic E-state index is 12.9. The van der Waals surface area contributed by atoms with Crippen LogP contribution in [-0.4, -0.2) is 0 Å². The molecule has 1 aliphatic rings. The van der Waals surface area contributed by atoms with E-state index in [1.54, 1.807) is 12.1 Å². The third-order valence-corrected chi connectivity index (χ3v) is 2.73. The van der Waals surface area contributed by atoms with E-state index < -0.39 is 0 Å². The van der Waals surface area contributed by atoms with Crippen LogP contribution in [-0.2, 0) is 0 Å². The van der Waals surface area contributed by atoms with Gasteiger partial charge in [0.05, 0.1) is 5.69 Å². The molecule has 3 heteroatoms. The maximum atomic E-state index is 12.9. The van der Waals surface area contributed by atoms with Crippen molar-refractivity contribution in [2.45, 2.75) is 25.3 Å². The van der Waals surface area contributed by atoms with Crippen molar-refractivity contribution in [1.82, 2.24) is 0 Å². The summed E-state index contributed by atoms with van der Waals surface area (Å²) in [6.45, 7) is 0. The smallest absolute Gasteiger partial charge is 0.146 e. The van der Waals surface area contributed by atoms with Crippen LogP contribution < -0.4 is 11.5 Å². The fourth-order valence-electron chi connectivity index (χ4n) is 1.64. The van der Waals surface area contributed by atoms with Crippen molar-refractivity contribution < 1.29 is 4.39 Å². The molecule has 1 atom stereocenters. The molecule has 0 saturated heterocycles. The van der Waals surface area contributed by atoms with E-state index in [4.69, 9.17) is 11.5 Å². The summed E-state index contributed by atoms with van der Waals surface area (Å²) in [5.74, 6) is 0.406. The SMILES string of the molecule is Nc1cc([C@@H](N)CC2CC2)ccc1F. The van der Waals surface area contributed by atoms with Crippen LogP contribution in [0.5, 0.6) is 0 Å². The second kappa shape index (κ2) is 3.58. The second-order valence-corrected chi connectivity index (χ2v) is 4.07. The van der Waals surface area contributed by atoms with Crippen molar-refractivity contribution in [1.29, 1.82) is 0 Å². The number of nitrogens with two attached hydrogens (primary N) is 2. The van der Waals surface area contributed by atoms with Crippen molar-refractivity contribution in [3.8, 4) is 0 Å². The molecular formula is C11H15FN2. The van der Waals surface area contributed by atoms with Crippen LogP contribution in [0.4, 0.5) is 10.1 Å². The lowest BCUT2D eigenvalue weighted by Gasteiger charge is -2.11. The molecule has 2 rings (SSSR count). The normalized spacial score (nSPS) is 18.1. The molecule has 0 heterocycles. The highest BCUT2D eigenvalue weighted by Crippen LogP contribution is 2.36. The van der Waals surface area contributed by atoms with Crippen molar-refractivity contribution in [2.24, 2.45) is 11.7 Å². The first-order valence-corrected chi connectivity index (χ1v) is 4.97. The Hall–Kier alpha value is -1.09. The Labute approximate surface area is 83.1 Å². The lowest BCUT2D eigenvalue weighted by atomic mass is 10.0. The molecule has 1 aromatic carbocycles. The minimum absolute atomic E-state index is 0.00500. The van der Waals surface area contributed by atoms with E-state index in [0.29, 0.717) is 0 Å². The van der Waals surface area contributed by atoms with Crippen molar-refractivity contribution in [3.63, 3.8) is 0 Å². The van der Waals surface area contributed by atoms with E-state index in [-0.39, 0.29) is 17.5 Å². The van der Waals surface area contributed by atoms with Gasteiger partial charge in [0, 0.05) is 6.04 Å². The van der Waals surface area contributed by atoms with E-state index >= 15 is 0 Å². The molecule has 0 spiro atoms. The summed E-state index contributed by atoms with van der Waals surface area (Å²) in [7, 11) is 0. The topological polar surface area (TPSA) is 52.0 Å². The summed E-state index contributed by atoms with van der Waals surface area (Å²) in [5, 5.41) is 0.